The van der Waals surface area contributed by atoms with E-state index in [4.69, 9.17) is 19.6 Å². The lowest BCUT2D eigenvalue weighted by molar-refractivity contribution is -0.119. The summed E-state index contributed by atoms with van der Waals surface area (Å²) in [6.07, 6.45) is 0. The summed E-state index contributed by atoms with van der Waals surface area (Å²) in [6, 6.07) is 14.2. The molecule has 0 aliphatic heterocycles. The fourth-order valence-corrected chi connectivity index (χ4v) is 3.13. The van der Waals surface area contributed by atoms with Crippen LogP contribution in [0.1, 0.15) is 10.4 Å². The molecule has 7 nitrogen and oxygen atoms in total. The van der Waals surface area contributed by atoms with Crippen LogP contribution >= 0.6 is 0 Å². The van der Waals surface area contributed by atoms with E-state index in [1.165, 1.54) is 13.2 Å². The summed E-state index contributed by atoms with van der Waals surface area (Å²) in [4.78, 5) is 24.4. The molecule has 0 unspecified atom stereocenters. The number of methoxy groups -OCH3 is 1. The van der Waals surface area contributed by atoms with Gasteiger partial charge in [0.1, 0.15) is 22.7 Å². The molecule has 4 aromatic rings. The SMILES string of the molecule is COc1cc2c(cc1NC(=O)COC(=O)c1ccc(F)cc1N)oc1ccccc12. The van der Waals surface area contributed by atoms with Crippen molar-refractivity contribution in [3.8, 4) is 5.75 Å². The Balaban J connectivity index is 1.51. The number of fused-ring (bicyclic) bond motifs is 3. The molecule has 0 saturated carbocycles. The number of nitrogen functional groups attached to an aromatic ring is 1. The number of furan rings is 1. The van der Waals surface area contributed by atoms with Gasteiger partial charge in [0.05, 0.1) is 18.4 Å². The first-order valence-electron chi connectivity index (χ1n) is 8.97. The van der Waals surface area contributed by atoms with Gasteiger partial charge < -0.3 is 24.9 Å². The summed E-state index contributed by atoms with van der Waals surface area (Å²) in [5.41, 5.74) is 7.16. The minimum Gasteiger partial charge on any atom is -0.495 e. The largest absolute Gasteiger partial charge is 0.495 e. The van der Waals surface area contributed by atoms with Gasteiger partial charge in [-0.25, -0.2) is 9.18 Å². The molecule has 1 aromatic heterocycles. The Morgan fingerprint density at radius 1 is 1.07 bits per heavy atom. The van der Waals surface area contributed by atoms with Crippen molar-refractivity contribution in [2.75, 3.05) is 24.8 Å². The van der Waals surface area contributed by atoms with Gasteiger partial charge in [-0.05, 0) is 30.3 Å². The van der Waals surface area contributed by atoms with Crippen molar-refractivity contribution in [1.82, 2.24) is 0 Å². The monoisotopic (exact) mass is 408 g/mol. The minimum absolute atomic E-state index is 0.0227. The van der Waals surface area contributed by atoms with Crippen LogP contribution in [-0.2, 0) is 9.53 Å². The summed E-state index contributed by atoms with van der Waals surface area (Å²) in [5, 5.41) is 4.41. The average molecular weight is 408 g/mol. The first-order valence-corrected chi connectivity index (χ1v) is 8.97. The summed E-state index contributed by atoms with van der Waals surface area (Å²) >= 11 is 0. The van der Waals surface area contributed by atoms with Crippen molar-refractivity contribution in [3.63, 3.8) is 0 Å². The lowest BCUT2D eigenvalue weighted by Gasteiger charge is -2.11. The van der Waals surface area contributed by atoms with E-state index in [-0.39, 0.29) is 11.3 Å². The highest BCUT2D eigenvalue weighted by Crippen LogP contribution is 2.36. The molecule has 0 saturated heterocycles. The maximum Gasteiger partial charge on any atom is 0.340 e. The van der Waals surface area contributed by atoms with Gasteiger partial charge in [-0.2, -0.15) is 0 Å². The fraction of sp³-hybridized carbons (Fsp3) is 0.0909. The number of ether oxygens (including phenoxy) is 2. The standard InChI is InChI=1S/C22H17FN2O5/c1-28-20-9-15-13-4-2-3-5-18(13)30-19(15)10-17(20)25-21(26)11-29-22(27)14-7-6-12(23)8-16(14)24/h2-10H,11,24H2,1H3,(H,25,26). The van der Waals surface area contributed by atoms with Gasteiger partial charge in [0.15, 0.2) is 6.61 Å². The molecule has 0 fully saturated rings. The van der Waals surface area contributed by atoms with Crippen molar-refractivity contribution in [1.29, 1.82) is 0 Å². The Hall–Kier alpha value is -4.07. The Morgan fingerprint density at radius 2 is 1.87 bits per heavy atom. The van der Waals surface area contributed by atoms with Crippen LogP contribution in [0.5, 0.6) is 5.75 Å². The molecule has 152 valence electrons. The molecule has 0 spiro atoms. The molecule has 0 radical (unpaired) electrons. The molecule has 0 aliphatic rings. The molecule has 3 aromatic carbocycles. The zero-order chi connectivity index (χ0) is 21.3. The van der Waals surface area contributed by atoms with E-state index < -0.39 is 24.3 Å². The van der Waals surface area contributed by atoms with Crippen molar-refractivity contribution in [2.45, 2.75) is 0 Å². The minimum atomic E-state index is -0.831. The molecule has 8 heteroatoms. The number of esters is 1. The van der Waals surface area contributed by atoms with Crippen LogP contribution in [0.4, 0.5) is 15.8 Å². The van der Waals surface area contributed by atoms with Gasteiger partial charge in [0.25, 0.3) is 5.91 Å². The number of benzene rings is 3. The molecule has 30 heavy (non-hydrogen) atoms. The number of hydrogen-bond acceptors (Lipinski definition) is 6. The van der Waals surface area contributed by atoms with Crippen LogP contribution in [0.2, 0.25) is 0 Å². The summed E-state index contributed by atoms with van der Waals surface area (Å²) in [6.45, 7) is -0.559. The van der Waals surface area contributed by atoms with Crippen LogP contribution in [0.25, 0.3) is 21.9 Å². The third-order valence-electron chi connectivity index (χ3n) is 4.54. The van der Waals surface area contributed by atoms with Gasteiger partial charge in [-0.15, -0.1) is 0 Å². The van der Waals surface area contributed by atoms with Crippen LogP contribution in [0.15, 0.2) is 59.0 Å². The highest BCUT2D eigenvalue weighted by atomic mass is 19.1. The van der Waals surface area contributed by atoms with E-state index in [1.54, 1.807) is 12.1 Å². The summed E-state index contributed by atoms with van der Waals surface area (Å²) < 4.78 is 29.3. The second-order valence-electron chi connectivity index (χ2n) is 6.50. The van der Waals surface area contributed by atoms with E-state index in [1.807, 2.05) is 24.3 Å². The molecule has 1 heterocycles. The number of halogens is 1. The summed E-state index contributed by atoms with van der Waals surface area (Å²) in [7, 11) is 1.48. The zero-order valence-corrected chi connectivity index (χ0v) is 15.9. The zero-order valence-electron chi connectivity index (χ0n) is 15.9. The number of anilines is 2. The van der Waals surface area contributed by atoms with Gasteiger partial charge in [-0.1, -0.05) is 18.2 Å². The normalized spacial score (nSPS) is 10.9. The van der Waals surface area contributed by atoms with Gasteiger partial charge in [0.2, 0.25) is 0 Å². The molecule has 0 atom stereocenters. The van der Waals surface area contributed by atoms with E-state index in [2.05, 4.69) is 5.32 Å². The lowest BCUT2D eigenvalue weighted by atomic mass is 10.1. The topological polar surface area (TPSA) is 104 Å². The molecular formula is C22H17FN2O5. The number of hydrogen-bond donors (Lipinski definition) is 2. The van der Waals surface area contributed by atoms with E-state index in [0.29, 0.717) is 22.6 Å². The fourth-order valence-electron chi connectivity index (χ4n) is 3.13. The molecular weight excluding hydrogens is 391 g/mol. The number of rotatable bonds is 5. The number of para-hydroxylation sites is 1. The number of carbonyl (C=O) groups excluding carboxylic acids is 2. The smallest absolute Gasteiger partial charge is 0.340 e. The summed E-state index contributed by atoms with van der Waals surface area (Å²) in [5.74, 6) is -1.56. The highest BCUT2D eigenvalue weighted by Gasteiger charge is 2.17. The maximum atomic E-state index is 13.1. The highest BCUT2D eigenvalue weighted by molar-refractivity contribution is 6.08. The first-order chi connectivity index (χ1) is 14.5. The van der Waals surface area contributed by atoms with Gasteiger partial charge in [0, 0.05) is 22.5 Å². The average Bonchev–Trinajstić information content (AvgIpc) is 3.08. The number of amides is 1. The van der Waals surface area contributed by atoms with Crippen LogP contribution in [-0.4, -0.2) is 25.6 Å². The van der Waals surface area contributed by atoms with Crippen molar-refractivity contribution in [3.05, 3.63) is 66.0 Å². The van der Waals surface area contributed by atoms with Crippen molar-refractivity contribution >= 4 is 45.2 Å². The second-order valence-corrected chi connectivity index (χ2v) is 6.50. The Kier molecular flexibility index (Phi) is 4.97. The van der Waals surface area contributed by atoms with Crippen LogP contribution < -0.4 is 15.8 Å². The molecule has 1 amide bonds. The number of nitrogens with two attached hydrogens (primary N) is 1. The van der Waals surface area contributed by atoms with E-state index in [9.17, 15) is 14.0 Å². The van der Waals surface area contributed by atoms with E-state index >= 15 is 0 Å². The predicted octanol–water partition coefficient (Wildman–Crippen LogP) is 4.11. The maximum absolute atomic E-state index is 13.1. The molecule has 0 bridgehead atoms. The quantitative estimate of drug-likeness (QED) is 0.380. The lowest BCUT2D eigenvalue weighted by Crippen LogP contribution is -2.21. The van der Waals surface area contributed by atoms with Crippen LogP contribution in [0.3, 0.4) is 0 Å². The Morgan fingerprint density at radius 3 is 2.63 bits per heavy atom. The van der Waals surface area contributed by atoms with Gasteiger partial charge >= 0.3 is 5.97 Å². The molecule has 4 rings (SSSR count). The van der Waals surface area contributed by atoms with Crippen molar-refractivity contribution in [2.24, 2.45) is 0 Å². The van der Waals surface area contributed by atoms with E-state index in [0.717, 1.165) is 22.9 Å². The van der Waals surface area contributed by atoms with Crippen molar-refractivity contribution < 1.29 is 27.9 Å². The van der Waals surface area contributed by atoms with Crippen LogP contribution in [0, 0.1) is 5.82 Å². The molecule has 3 N–H and O–H groups in total. The Labute approximate surface area is 170 Å². The predicted molar refractivity (Wildman–Crippen MR) is 110 cm³/mol. The second kappa shape index (κ2) is 7.75. The third-order valence-corrected chi connectivity index (χ3v) is 4.54. The third kappa shape index (κ3) is 3.62. The number of carbonyl (C=O) groups is 2. The number of nitrogens with one attached hydrogen (secondary N) is 1. The molecule has 0 aliphatic carbocycles. The Bertz CT molecular complexity index is 1280. The van der Waals surface area contributed by atoms with Gasteiger partial charge in [-0.3, -0.25) is 4.79 Å². The first kappa shape index (κ1) is 19.3.